The van der Waals surface area contributed by atoms with Gasteiger partial charge in [-0.1, -0.05) is 44.2 Å². The molecule has 1 rings (SSSR count). The van der Waals surface area contributed by atoms with Crippen LogP contribution in [-0.2, 0) is 18.8 Å². The highest BCUT2D eigenvalue weighted by atomic mass is 31.2. The third kappa shape index (κ3) is 4.55. The molecule has 0 spiro atoms. The van der Waals surface area contributed by atoms with Crippen molar-refractivity contribution < 1.29 is 18.8 Å². The standard InChI is InChI=1S/C15H25NO4P/c1-6-19-21(18,20-7-2)14(15(3,4)5)16(17)13-11-9-8-10-12-13/h8-12,14H,6-7H2,1-5H3. The number of hydroxylamine groups is 1. The monoisotopic (exact) mass is 314 g/mol. The molecule has 0 saturated heterocycles. The van der Waals surface area contributed by atoms with E-state index in [0.29, 0.717) is 5.69 Å². The van der Waals surface area contributed by atoms with Crippen LogP contribution in [0.5, 0.6) is 0 Å². The summed E-state index contributed by atoms with van der Waals surface area (Å²) in [6, 6.07) is 8.74. The smallest absolute Gasteiger partial charge is 0.307 e. The molecule has 0 bridgehead atoms. The van der Waals surface area contributed by atoms with E-state index in [1.807, 2.05) is 26.8 Å². The lowest BCUT2D eigenvalue weighted by Gasteiger charge is -2.39. The summed E-state index contributed by atoms with van der Waals surface area (Å²) in [6.07, 6.45) is 0. The van der Waals surface area contributed by atoms with Crippen molar-refractivity contribution in [3.05, 3.63) is 30.3 Å². The zero-order chi connectivity index (χ0) is 16.1. The molecule has 119 valence electrons. The van der Waals surface area contributed by atoms with E-state index >= 15 is 0 Å². The van der Waals surface area contributed by atoms with Crippen molar-refractivity contribution in [2.45, 2.75) is 40.4 Å². The Bertz CT molecular complexity index is 462. The molecule has 0 aliphatic heterocycles. The van der Waals surface area contributed by atoms with Gasteiger partial charge in [0.2, 0.25) is 0 Å². The summed E-state index contributed by atoms with van der Waals surface area (Å²) in [7, 11) is -3.56. The topological polar surface area (TPSA) is 58.7 Å². The summed E-state index contributed by atoms with van der Waals surface area (Å²) >= 11 is 0. The highest BCUT2D eigenvalue weighted by Crippen LogP contribution is 2.59. The fourth-order valence-corrected chi connectivity index (χ4v) is 4.62. The summed E-state index contributed by atoms with van der Waals surface area (Å²) < 4.78 is 23.9. The number of anilines is 1. The normalized spacial score (nSPS) is 14.0. The second-order valence-electron chi connectivity index (χ2n) is 5.78. The first-order chi connectivity index (χ1) is 9.76. The van der Waals surface area contributed by atoms with E-state index in [0.717, 1.165) is 5.06 Å². The number of hydrogen-bond acceptors (Lipinski definition) is 4. The molecule has 1 unspecified atom stereocenters. The maximum atomic E-state index is 13.1. The number of para-hydroxylation sites is 1. The van der Waals surface area contributed by atoms with Crippen LogP contribution in [0.2, 0.25) is 0 Å². The van der Waals surface area contributed by atoms with Crippen molar-refractivity contribution in [3.8, 4) is 0 Å². The molecule has 0 fully saturated rings. The van der Waals surface area contributed by atoms with Crippen LogP contribution in [0.3, 0.4) is 0 Å². The van der Waals surface area contributed by atoms with Crippen LogP contribution in [0, 0.1) is 5.41 Å². The lowest BCUT2D eigenvalue weighted by molar-refractivity contribution is 0.0925. The summed E-state index contributed by atoms with van der Waals surface area (Å²) in [6.45, 7) is 9.51. The SMILES string of the molecule is CCOP(=O)(OCC)C(N([O])c1ccccc1)C(C)(C)C. The molecule has 0 heterocycles. The number of hydrogen-bond donors (Lipinski definition) is 0. The van der Waals surface area contributed by atoms with Gasteiger partial charge in [-0.15, -0.1) is 0 Å². The van der Waals surface area contributed by atoms with Crippen molar-refractivity contribution in [1.29, 1.82) is 0 Å². The van der Waals surface area contributed by atoms with Crippen LogP contribution in [0.4, 0.5) is 5.69 Å². The Kier molecular flexibility index (Phi) is 6.41. The van der Waals surface area contributed by atoms with E-state index in [1.54, 1.807) is 38.1 Å². The minimum Gasteiger partial charge on any atom is -0.307 e. The number of nitrogens with zero attached hydrogens (tertiary/aromatic N) is 1. The van der Waals surface area contributed by atoms with Crippen molar-refractivity contribution in [3.63, 3.8) is 0 Å². The molecular formula is C15H25NO4P. The summed E-state index contributed by atoms with van der Waals surface area (Å²) in [5, 5.41) is 13.5. The van der Waals surface area contributed by atoms with Crippen molar-refractivity contribution in [2.24, 2.45) is 5.41 Å². The fourth-order valence-electron chi connectivity index (χ4n) is 2.21. The average molecular weight is 314 g/mol. The molecule has 1 aromatic rings. The van der Waals surface area contributed by atoms with Gasteiger partial charge in [-0.3, -0.25) is 4.57 Å². The molecule has 1 aromatic carbocycles. The van der Waals surface area contributed by atoms with Gasteiger partial charge in [-0.05, 0) is 31.4 Å². The molecule has 0 aliphatic carbocycles. The van der Waals surface area contributed by atoms with Crippen molar-refractivity contribution in [2.75, 3.05) is 18.3 Å². The molecule has 1 radical (unpaired) electrons. The van der Waals surface area contributed by atoms with Gasteiger partial charge in [-0.25, -0.2) is 5.06 Å². The van der Waals surface area contributed by atoms with E-state index in [1.165, 1.54) is 0 Å². The first-order valence-corrected chi connectivity index (χ1v) is 8.77. The van der Waals surface area contributed by atoms with E-state index in [2.05, 4.69) is 0 Å². The van der Waals surface area contributed by atoms with Crippen LogP contribution in [0.15, 0.2) is 30.3 Å². The highest BCUT2D eigenvalue weighted by molar-refractivity contribution is 7.54. The quantitative estimate of drug-likeness (QED) is 0.550. The Hall–Kier alpha value is -0.870. The maximum Gasteiger partial charge on any atom is 0.356 e. The van der Waals surface area contributed by atoms with E-state index < -0.39 is 18.8 Å². The fraction of sp³-hybridized carbons (Fsp3) is 0.600. The molecule has 0 amide bonds. The van der Waals surface area contributed by atoms with Crippen LogP contribution >= 0.6 is 7.60 Å². The zero-order valence-corrected chi connectivity index (χ0v) is 14.3. The van der Waals surface area contributed by atoms with Crippen molar-refractivity contribution >= 4 is 13.3 Å². The molecule has 0 aliphatic rings. The second-order valence-corrected chi connectivity index (χ2v) is 7.86. The Morgan fingerprint density at radius 2 is 1.57 bits per heavy atom. The van der Waals surface area contributed by atoms with Gasteiger partial charge in [0.05, 0.1) is 18.9 Å². The Balaban J connectivity index is 3.25. The van der Waals surface area contributed by atoms with Crippen LogP contribution in [0.25, 0.3) is 0 Å². The van der Waals surface area contributed by atoms with Crippen LogP contribution in [-0.4, -0.2) is 19.0 Å². The van der Waals surface area contributed by atoms with Gasteiger partial charge in [0, 0.05) is 0 Å². The summed E-state index contributed by atoms with van der Waals surface area (Å²) in [4.78, 5) is 0. The molecule has 5 nitrogen and oxygen atoms in total. The van der Waals surface area contributed by atoms with Gasteiger partial charge < -0.3 is 9.05 Å². The molecule has 0 saturated carbocycles. The number of rotatable bonds is 7. The molecule has 1 atom stereocenters. The summed E-state index contributed by atoms with van der Waals surface area (Å²) in [5.41, 5.74) is -0.130. The largest absolute Gasteiger partial charge is 0.356 e. The minimum absolute atomic E-state index is 0.229. The third-order valence-corrected chi connectivity index (χ3v) is 5.74. The summed E-state index contributed by atoms with van der Waals surface area (Å²) in [5.74, 6) is -0.910. The van der Waals surface area contributed by atoms with Gasteiger partial charge in [0.25, 0.3) is 0 Å². The maximum absolute atomic E-state index is 13.1. The van der Waals surface area contributed by atoms with E-state index in [4.69, 9.17) is 9.05 Å². The Morgan fingerprint density at radius 1 is 1.10 bits per heavy atom. The Labute approximate surface area is 127 Å². The predicted octanol–water partition coefficient (Wildman–Crippen LogP) is 4.48. The van der Waals surface area contributed by atoms with Gasteiger partial charge in [0.15, 0.2) is 5.78 Å². The minimum atomic E-state index is -3.56. The molecule has 21 heavy (non-hydrogen) atoms. The lowest BCUT2D eigenvalue weighted by atomic mass is 9.96. The van der Waals surface area contributed by atoms with Crippen LogP contribution < -0.4 is 5.06 Å². The average Bonchev–Trinajstić information content (AvgIpc) is 2.38. The van der Waals surface area contributed by atoms with E-state index in [9.17, 15) is 9.77 Å². The van der Waals surface area contributed by atoms with Gasteiger partial charge in [-0.2, -0.15) is 0 Å². The zero-order valence-electron chi connectivity index (χ0n) is 13.4. The van der Waals surface area contributed by atoms with E-state index in [-0.39, 0.29) is 13.2 Å². The molecule has 0 aromatic heterocycles. The van der Waals surface area contributed by atoms with Crippen LogP contribution in [0.1, 0.15) is 34.6 Å². The van der Waals surface area contributed by atoms with Crippen molar-refractivity contribution in [1.82, 2.24) is 0 Å². The predicted molar refractivity (Wildman–Crippen MR) is 83.7 cm³/mol. The lowest BCUT2D eigenvalue weighted by Crippen LogP contribution is -2.42. The number of benzene rings is 1. The van der Waals surface area contributed by atoms with Gasteiger partial charge in [0.1, 0.15) is 0 Å². The highest BCUT2D eigenvalue weighted by Gasteiger charge is 2.48. The molecular weight excluding hydrogens is 289 g/mol. The van der Waals surface area contributed by atoms with Gasteiger partial charge >= 0.3 is 7.60 Å². The third-order valence-electron chi connectivity index (χ3n) is 2.93. The Morgan fingerprint density at radius 3 is 1.95 bits per heavy atom. The first-order valence-electron chi connectivity index (χ1n) is 7.16. The second kappa shape index (κ2) is 7.41. The molecule has 6 heteroatoms. The first kappa shape index (κ1) is 18.2. The molecule has 0 N–H and O–H groups in total.